The summed E-state index contributed by atoms with van der Waals surface area (Å²) < 4.78 is 7.39. The highest BCUT2D eigenvalue weighted by Crippen LogP contribution is 2.23. The standard InChI is InChI=1S/C18H17N3O2/c1-13-17(12-19-21(13)2)18(22)20-14-8-10-16(11-9-14)23-15-6-4-3-5-7-15/h3-12H,1-2H3,(H,20,22). The number of nitrogens with zero attached hydrogens (tertiary/aromatic N) is 2. The Bertz CT molecular complexity index is 808. The van der Waals surface area contributed by atoms with Crippen LogP contribution in [0.1, 0.15) is 16.1 Å². The summed E-state index contributed by atoms with van der Waals surface area (Å²) in [5.74, 6) is 1.31. The van der Waals surface area contributed by atoms with Gasteiger partial charge in [0.05, 0.1) is 11.8 Å². The second-order valence-corrected chi connectivity index (χ2v) is 5.16. The van der Waals surface area contributed by atoms with E-state index in [0.29, 0.717) is 17.0 Å². The van der Waals surface area contributed by atoms with Crippen molar-refractivity contribution in [3.05, 3.63) is 72.1 Å². The van der Waals surface area contributed by atoms with E-state index >= 15 is 0 Å². The van der Waals surface area contributed by atoms with E-state index in [1.54, 1.807) is 10.9 Å². The zero-order valence-corrected chi connectivity index (χ0v) is 13.0. The van der Waals surface area contributed by atoms with Gasteiger partial charge in [-0.1, -0.05) is 18.2 Å². The zero-order chi connectivity index (χ0) is 16.2. The van der Waals surface area contributed by atoms with Crippen LogP contribution < -0.4 is 10.1 Å². The van der Waals surface area contributed by atoms with Gasteiger partial charge < -0.3 is 10.1 Å². The quantitative estimate of drug-likeness (QED) is 0.798. The monoisotopic (exact) mass is 307 g/mol. The maximum Gasteiger partial charge on any atom is 0.259 e. The highest BCUT2D eigenvalue weighted by molar-refractivity contribution is 6.04. The number of nitrogens with one attached hydrogen (secondary N) is 1. The molecule has 0 unspecified atom stereocenters. The van der Waals surface area contributed by atoms with Crippen molar-refractivity contribution in [1.82, 2.24) is 9.78 Å². The smallest absolute Gasteiger partial charge is 0.259 e. The summed E-state index contributed by atoms with van der Waals surface area (Å²) in [6.07, 6.45) is 1.57. The van der Waals surface area contributed by atoms with Crippen LogP contribution in [0.4, 0.5) is 5.69 Å². The van der Waals surface area contributed by atoms with Gasteiger partial charge in [-0.3, -0.25) is 9.48 Å². The molecular weight excluding hydrogens is 290 g/mol. The summed E-state index contributed by atoms with van der Waals surface area (Å²) in [5, 5.41) is 6.93. The molecule has 0 aliphatic carbocycles. The van der Waals surface area contributed by atoms with E-state index in [1.165, 1.54) is 0 Å². The Labute approximate surface area is 134 Å². The molecule has 0 bridgehead atoms. The van der Waals surface area contributed by atoms with Gasteiger partial charge in [0.25, 0.3) is 5.91 Å². The van der Waals surface area contributed by atoms with Crippen LogP contribution in [0.5, 0.6) is 11.5 Å². The number of rotatable bonds is 4. The van der Waals surface area contributed by atoms with Crippen molar-refractivity contribution in [3.8, 4) is 11.5 Å². The Kier molecular flexibility index (Phi) is 4.10. The molecule has 1 N–H and O–H groups in total. The minimum Gasteiger partial charge on any atom is -0.457 e. The second kappa shape index (κ2) is 6.36. The third-order valence-electron chi connectivity index (χ3n) is 3.57. The third kappa shape index (κ3) is 3.40. The number of aryl methyl sites for hydroxylation is 1. The molecule has 5 nitrogen and oxygen atoms in total. The van der Waals surface area contributed by atoms with Crippen molar-refractivity contribution in [2.45, 2.75) is 6.92 Å². The largest absolute Gasteiger partial charge is 0.457 e. The summed E-state index contributed by atoms with van der Waals surface area (Å²) in [4.78, 5) is 12.2. The Hall–Kier alpha value is -3.08. The minimum atomic E-state index is -0.174. The molecule has 3 aromatic rings. The molecule has 5 heteroatoms. The lowest BCUT2D eigenvalue weighted by Crippen LogP contribution is -2.12. The number of amides is 1. The van der Waals surface area contributed by atoms with E-state index < -0.39 is 0 Å². The first kappa shape index (κ1) is 14.8. The van der Waals surface area contributed by atoms with E-state index in [0.717, 1.165) is 11.4 Å². The first-order valence-corrected chi connectivity index (χ1v) is 7.26. The highest BCUT2D eigenvalue weighted by atomic mass is 16.5. The van der Waals surface area contributed by atoms with Gasteiger partial charge in [0, 0.05) is 18.4 Å². The number of hydrogen-bond donors (Lipinski definition) is 1. The maximum absolute atomic E-state index is 12.2. The van der Waals surface area contributed by atoms with E-state index in [2.05, 4.69) is 10.4 Å². The van der Waals surface area contributed by atoms with Gasteiger partial charge >= 0.3 is 0 Å². The maximum atomic E-state index is 12.2. The molecule has 3 rings (SSSR count). The summed E-state index contributed by atoms with van der Waals surface area (Å²) in [7, 11) is 1.81. The molecule has 0 spiro atoms. The van der Waals surface area contributed by atoms with Gasteiger partial charge in [0.2, 0.25) is 0 Å². The topological polar surface area (TPSA) is 56.1 Å². The first-order valence-electron chi connectivity index (χ1n) is 7.26. The van der Waals surface area contributed by atoms with Crippen molar-refractivity contribution in [2.75, 3.05) is 5.32 Å². The molecule has 0 radical (unpaired) electrons. The number of hydrogen-bond acceptors (Lipinski definition) is 3. The third-order valence-corrected chi connectivity index (χ3v) is 3.57. The number of para-hydroxylation sites is 1. The van der Waals surface area contributed by atoms with Crippen molar-refractivity contribution in [2.24, 2.45) is 7.05 Å². The van der Waals surface area contributed by atoms with Crippen molar-refractivity contribution in [1.29, 1.82) is 0 Å². The average Bonchev–Trinajstić information content (AvgIpc) is 2.90. The molecule has 1 heterocycles. The Balaban J connectivity index is 1.68. The van der Waals surface area contributed by atoms with Gasteiger partial charge in [-0.05, 0) is 43.3 Å². The Morgan fingerprint density at radius 1 is 1.04 bits per heavy atom. The number of carbonyl (C=O) groups excluding carboxylic acids is 1. The van der Waals surface area contributed by atoms with E-state index in [1.807, 2.05) is 68.6 Å². The fourth-order valence-electron chi connectivity index (χ4n) is 2.15. The molecule has 2 aromatic carbocycles. The molecule has 0 saturated heterocycles. The molecule has 0 saturated carbocycles. The number of ether oxygens (including phenoxy) is 1. The van der Waals surface area contributed by atoms with Crippen LogP contribution in [-0.4, -0.2) is 15.7 Å². The second-order valence-electron chi connectivity index (χ2n) is 5.16. The molecule has 0 atom stereocenters. The van der Waals surface area contributed by atoms with Crippen molar-refractivity contribution in [3.63, 3.8) is 0 Å². The molecule has 0 aliphatic heterocycles. The minimum absolute atomic E-state index is 0.174. The molecule has 0 aliphatic rings. The van der Waals surface area contributed by atoms with Crippen LogP contribution in [-0.2, 0) is 7.05 Å². The van der Waals surface area contributed by atoms with Crippen LogP contribution >= 0.6 is 0 Å². The zero-order valence-electron chi connectivity index (χ0n) is 13.0. The van der Waals surface area contributed by atoms with Crippen molar-refractivity contribution >= 4 is 11.6 Å². The van der Waals surface area contributed by atoms with Crippen LogP contribution in [0.15, 0.2) is 60.8 Å². The molecule has 116 valence electrons. The van der Waals surface area contributed by atoms with Gasteiger partial charge in [-0.25, -0.2) is 0 Å². The summed E-state index contributed by atoms with van der Waals surface area (Å²) in [6, 6.07) is 16.8. The number of aromatic nitrogens is 2. The molecule has 1 amide bonds. The fraction of sp³-hybridized carbons (Fsp3) is 0.111. The first-order chi connectivity index (χ1) is 11.1. The lowest BCUT2D eigenvalue weighted by Gasteiger charge is -2.08. The molecular formula is C18H17N3O2. The summed E-state index contributed by atoms with van der Waals surface area (Å²) in [5.41, 5.74) is 2.10. The summed E-state index contributed by atoms with van der Waals surface area (Å²) >= 11 is 0. The predicted molar refractivity (Wildman–Crippen MR) is 88.9 cm³/mol. The Morgan fingerprint density at radius 2 is 1.70 bits per heavy atom. The van der Waals surface area contributed by atoms with Crippen LogP contribution in [0.25, 0.3) is 0 Å². The van der Waals surface area contributed by atoms with E-state index in [4.69, 9.17) is 4.74 Å². The SMILES string of the molecule is Cc1c(C(=O)Nc2ccc(Oc3ccccc3)cc2)cnn1C. The molecule has 0 fully saturated rings. The fourth-order valence-corrected chi connectivity index (χ4v) is 2.15. The van der Waals surface area contributed by atoms with Gasteiger partial charge in [-0.2, -0.15) is 5.10 Å². The van der Waals surface area contributed by atoms with Crippen molar-refractivity contribution < 1.29 is 9.53 Å². The van der Waals surface area contributed by atoms with Gasteiger partial charge in [0.1, 0.15) is 11.5 Å². The average molecular weight is 307 g/mol. The molecule has 23 heavy (non-hydrogen) atoms. The normalized spacial score (nSPS) is 10.3. The van der Waals surface area contributed by atoms with E-state index in [-0.39, 0.29) is 5.91 Å². The summed E-state index contributed by atoms with van der Waals surface area (Å²) in [6.45, 7) is 1.86. The number of carbonyl (C=O) groups is 1. The lowest BCUT2D eigenvalue weighted by atomic mass is 10.2. The van der Waals surface area contributed by atoms with Gasteiger partial charge in [0.15, 0.2) is 0 Å². The van der Waals surface area contributed by atoms with Crippen LogP contribution in [0.3, 0.4) is 0 Å². The highest BCUT2D eigenvalue weighted by Gasteiger charge is 2.12. The Morgan fingerprint density at radius 3 is 2.30 bits per heavy atom. The van der Waals surface area contributed by atoms with E-state index in [9.17, 15) is 4.79 Å². The van der Waals surface area contributed by atoms with Crippen LogP contribution in [0.2, 0.25) is 0 Å². The van der Waals surface area contributed by atoms with Crippen LogP contribution in [0, 0.1) is 6.92 Å². The van der Waals surface area contributed by atoms with Gasteiger partial charge in [-0.15, -0.1) is 0 Å². The predicted octanol–water partition coefficient (Wildman–Crippen LogP) is 3.77. The molecule has 1 aromatic heterocycles. The lowest BCUT2D eigenvalue weighted by molar-refractivity contribution is 0.102. The number of benzene rings is 2. The number of anilines is 1.